The van der Waals surface area contributed by atoms with Crippen LogP contribution in [0.1, 0.15) is 55.6 Å². The van der Waals surface area contributed by atoms with E-state index in [2.05, 4.69) is 29.6 Å². The lowest BCUT2D eigenvalue weighted by molar-refractivity contribution is -0.141. The Morgan fingerprint density at radius 2 is 1.60 bits per heavy atom. The standard InChI is InChI=1S/C28H32N2O5/c31-26(32)11-5-6-19-15-30(16-19)27(33)25(14-18-12-13-18)29-28(34)35-17-24-22-9-3-1-7-20(22)21-8-2-4-10-23(21)24/h1-4,7-10,18-19,24-25H,5-6,11-17H2,(H,29,34)(H,31,32). The van der Waals surface area contributed by atoms with Crippen molar-refractivity contribution in [2.45, 2.75) is 50.5 Å². The molecule has 2 aromatic rings. The maximum absolute atomic E-state index is 13.1. The molecule has 2 aliphatic carbocycles. The molecule has 184 valence electrons. The van der Waals surface area contributed by atoms with Crippen LogP contribution in [0.3, 0.4) is 0 Å². The van der Waals surface area contributed by atoms with E-state index in [0.29, 0.717) is 37.8 Å². The molecule has 2 aromatic carbocycles. The van der Waals surface area contributed by atoms with Gasteiger partial charge in [-0.05, 0) is 53.4 Å². The minimum absolute atomic E-state index is 0.0207. The molecule has 0 spiro atoms. The number of benzene rings is 2. The molecule has 35 heavy (non-hydrogen) atoms. The van der Waals surface area contributed by atoms with Crippen molar-refractivity contribution in [1.82, 2.24) is 10.2 Å². The zero-order valence-corrected chi connectivity index (χ0v) is 19.8. The highest BCUT2D eigenvalue weighted by molar-refractivity contribution is 5.86. The van der Waals surface area contributed by atoms with Crippen molar-refractivity contribution in [3.8, 4) is 11.1 Å². The van der Waals surface area contributed by atoms with Crippen LogP contribution in [0.25, 0.3) is 11.1 Å². The zero-order valence-electron chi connectivity index (χ0n) is 19.8. The van der Waals surface area contributed by atoms with Crippen LogP contribution in [0, 0.1) is 11.8 Å². The summed E-state index contributed by atoms with van der Waals surface area (Å²) in [5.74, 6) is -0.0404. The minimum Gasteiger partial charge on any atom is -0.481 e. The van der Waals surface area contributed by atoms with Crippen LogP contribution in [0.5, 0.6) is 0 Å². The number of carbonyl (C=O) groups excluding carboxylic acids is 2. The Bertz CT molecular complexity index is 1060. The Morgan fingerprint density at radius 1 is 0.971 bits per heavy atom. The molecule has 2 fully saturated rings. The summed E-state index contributed by atoms with van der Waals surface area (Å²) in [6, 6.07) is 15.8. The van der Waals surface area contributed by atoms with Crippen LogP contribution in [0.15, 0.2) is 48.5 Å². The summed E-state index contributed by atoms with van der Waals surface area (Å²) in [7, 11) is 0. The first-order valence-electron chi connectivity index (χ1n) is 12.6. The zero-order chi connectivity index (χ0) is 24.4. The quantitative estimate of drug-likeness (QED) is 0.530. The van der Waals surface area contributed by atoms with Gasteiger partial charge >= 0.3 is 12.1 Å². The number of carboxylic acid groups (broad SMARTS) is 1. The van der Waals surface area contributed by atoms with Crippen LogP contribution < -0.4 is 5.32 Å². The van der Waals surface area contributed by atoms with Crippen LogP contribution in [-0.2, 0) is 14.3 Å². The predicted molar refractivity (Wildman–Crippen MR) is 131 cm³/mol. The van der Waals surface area contributed by atoms with Crippen molar-refractivity contribution in [2.75, 3.05) is 19.7 Å². The molecule has 1 heterocycles. The Labute approximate surface area is 205 Å². The molecule has 1 aliphatic heterocycles. The van der Waals surface area contributed by atoms with Crippen molar-refractivity contribution < 1.29 is 24.2 Å². The van der Waals surface area contributed by atoms with Crippen LogP contribution in [-0.4, -0.2) is 53.7 Å². The lowest BCUT2D eigenvalue weighted by Gasteiger charge is -2.41. The highest BCUT2D eigenvalue weighted by Gasteiger charge is 2.38. The summed E-state index contributed by atoms with van der Waals surface area (Å²) < 4.78 is 5.67. The predicted octanol–water partition coefficient (Wildman–Crippen LogP) is 4.41. The number of ether oxygens (including phenoxy) is 1. The number of nitrogens with one attached hydrogen (secondary N) is 1. The number of aliphatic carboxylic acids is 1. The van der Waals surface area contributed by atoms with E-state index in [9.17, 15) is 14.4 Å². The molecular weight excluding hydrogens is 444 g/mol. The van der Waals surface area contributed by atoms with Crippen molar-refractivity contribution in [3.63, 3.8) is 0 Å². The average Bonchev–Trinajstić information content (AvgIpc) is 3.58. The highest BCUT2D eigenvalue weighted by Crippen LogP contribution is 2.44. The van der Waals surface area contributed by atoms with E-state index in [-0.39, 0.29) is 24.9 Å². The maximum Gasteiger partial charge on any atom is 0.407 e. The summed E-state index contributed by atoms with van der Waals surface area (Å²) in [5.41, 5.74) is 4.66. The molecule has 7 heteroatoms. The third-order valence-corrected chi connectivity index (χ3v) is 7.47. The average molecular weight is 477 g/mol. The summed E-state index contributed by atoms with van der Waals surface area (Å²) in [5, 5.41) is 11.6. The van der Waals surface area contributed by atoms with Gasteiger partial charge in [0.1, 0.15) is 12.6 Å². The second-order valence-electron chi connectivity index (χ2n) is 10.1. The van der Waals surface area contributed by atoms with E-state index >= 15 is 0 Å². The number of alkyl carbamates (subject to hydrolysis) is 1. The van der Waals surface area contributed by atoms with E-state index in [1.807, 2.05) is 24.3 Å². The molecule has 0 aromatic heterocycles. The van der Waals surface area contributed by atoms with Gasteiger partial charge in [-0.15, -0.1) is 0 Å². The number of carbonyl (C=O) groups is 3. The fraction of sp³-hybridized carbons (Fsp3) is 0.464. The van der Waals surface area contributed by atoms with Crippen molar-refractivity contribution in [3.05, 3.63) is 59.7 Å². The number of carboxylic acids is 1. The number of amides is 2. The molecule has 1 saturated heterocycles. The normalized spacial score (nSPS) is 17.8. The molecule has 1 atom stereocenters. The van der Waals surface area contributed by atoms with Gasteiger partial charge in [-0.2, -0.15) is 0 Å². The summed E-state index contributed by atoms with van der Waals surface area (Å²) in [4.78, 5) is 38.4. The van der Waals surface area contributed by atoms with Gasteiger partial charge in [-0.3, -0.25) is 9.59 Å². The lowest BCUT2D eigenvalue weighted by atomic mass is 9.92. The van der Waals surface area contributed by atoms with Crippen molar-refractivity contribution in [1.29, 1.82) is 0 Å². The van der Waals surface area contributed by atoms with Gasteiger partial charge in [0.05, 0.1) is 0 Å². The van der Waals surface area contributed by atoms with Crippen LogP contribution in [0.2, 0.25) is 0 Å². The molecule has 0 bridgehead atoms. The topological polar surface area (TPSA) is 95.9 Å². The van der Waals surface area contributed by atoms with Crippen LogP contribution >= 0.6 is 0 Å². The Morgan fingerprint density at radius 3 is 2.20 bits per heavy atom. The second-order valence-corrected chi connectivity index (χ2v) is 10.1. The van der Waals surface area contributed by atoms with Crippen molar-refractivity contribution >= 4 is 18.0 Å². The summed E-state index contributed by atoms with van der Waals surface area (Å²) in [6.45, 7) is 1.48. The van der Waals surface area contributed by atoms with Gasteiger partial charge in [0.25, 0.3) is 0 Å². The molecule has 5 rings (SSSR count). The number of fused-ring (bicyclic) bond motifs is 3. The fourth-order valence-electron chi connectivity index (χ4n) is 5.39. The Balaban J connectivity index is 1.16. The summed E-state index contributed by atoms with van der Waals surface area (Å²) in [6.07, 6.45) is 3.88. The maximum atomic E-state index is 13.1. The SMILES string of the molecule is O=C(O)CCCC1CN(C(=O)C(CC2CC2)NC(=O)OCC2c3ccccc3-c3ccccc32)C1. The number of hydrogen-bond donors (Lipinski definition) is 2. The second kappa shape index (κ2) is 10.1. The largest absolute Gasteiger partial charge is 0.481 e. The first-order valence-corrected chi connectivity index (χ1v) is 12.6. The highest BCUT2D eigenvalue weighted by atomic mass is 16.5. The molecule has 2 amide bonds. The Kier molecular flexibility index (Phi) is 6.75. The number of hydrogen-bond acceptors (Lipinski definition) is 4. The third-order valence-electron chi connectivity index (χ3n) is 7.47. The third kappa shape index (κ3) is 5.34. The monoisotopic (exact) mass is 476 g/mol. The molecule has 2 N–H and O–H groups in total. The molecular formula is C28H32N2O5. The first-order chi connectivity index (χ1) is 17.0. The van der Waals surface area contributed by atoms with E-state index < -0.39 is 18.1 Å². The van der Waals surface area contributed by atoms with E-state index in [1.54, 1.807) is 4.90 Å². The lowest BCUT2D eigenvalue weighted by Crippen LogP contribution is -2.57. The Hall–Kier alpha value is -3.35. The van der Waals surface area contributed by atoms with E-state index in [1.165, 1.54) is 11.1 Å². The van der Waals surface area contributed by atoms with Crippen molar-refractivity contribution in [2.24, 2.45) is 11.8 Å². The van der Waals surface area contributed by atoms with Gasteiger partial charge in [-0.1, -0.05) is 61.4 Å². The van der Waals surface area contributed by atoms with Gasteiger partial charge in [-0.25, -0.2) is 4.79 Å². The summed E-state index contributed by atoms with van der Waals surface area (Å²) >= 11 is 0. The molecule has 1 unspecified atom stereocenters. The fourth-order valence-corrected chi connectivity index (χ4v) is 5.39. The van der Waals surface area contributed by atoms with Gasteiger partial charge in [0, 0.05) is 25.4 Å². The molecule has 7 nitrogen and oxygen atoms in total. The number of nitrogens with zero attached hydrogens (tertiary/aromatic N) is 1. The van der Waals surface area contributed by atoms with Gasteiger partial charge in [0.15, 0.2) is 0 Å². The molecule has 1 saturated carbocycles. The van der Waals surface area contributed by atoms with Gasteiger partial charge < -0.3 is 20.1 Å². The smallest absolute Gasteiger partial charge is 0.407 e. The molecule has 3 aliphatic rings. The minimum atomic E-state index is -0.783. The van der Waals surface area contributed by atoms with Crippen LogP contribution in [0.4, 0.5) is 4.79 Å². The number of rotatable bonds is 10. The molecule has 0 radical (unpaired) electrons. The number of likely N-dealkylation sites (tertiary alicyclic amines) is 1. The van der Waals surface area contributed by atoms with E-state index in [0.717, 1.165) is 30.4 Å². The van der Waals surface area contributed by atoms with E-state index in [4.69, 9.17) is 9.84 Å². The van der Waals surface area contributed by atoms with Gasteiger partial charge in [0.2, 0.25) is 5.91 Å². The first kappa shape index (κ1) is 23.4.